The van der Waals surface area contributed by atoms with E-state index in [0.29, 0.717) is 22.6 Å². The summed E-state index contributed by atoms with van der Waals surface area (Å²) in [6, 6.07) is 11.8. The zero-order valence-corrected chi connectivity index (χ0v) is 15.6. The molecule has 3 aromatic rings. The summed E-state index contributed by atoms with van der Waals surface area (Å²) in [5, 5.41) is 19.8. The number of aliphatic hydroxyl groups is 1. The number of aromatic nitrogens is 1. The highest BCUT2D eigenvalue weighted by Crippen LogP contribution is 2.25. The summed E-state index contributed by atoms with van der Waals surface area (Å²) in [4.78, 5) is 13.7. The number of nitrogens with one attached hydrogen (secondary N) is 1. The summed E-state index contributed by atoms with van der Waals surface area (Å²) in [7, 11) is 0. The van der Waals surface area contributed by atoms with Crippen molar-refractivity contribution >= 4 is 11.3 Å². The second-order valence-corrected chi connectivity index (χ2v) is 7.12. The number of aromatic amines is 1. The van der Waals surface area contributed by atoms with Gasteiger partial charge in [-0.25, -0.2) is 0 Å². The van der Waals surface area contributed by atoms with Crippen molar-refractivity contribution in [1.29, 1.82) is 0 Å². The van der Waals surface area contributed by atoms with Crippen LogP contribution in [0, 0.1) is 0 Å². The van der Waals surface area contributed by atoms with E-state index < -0.39 is 12.5 Å². The molecule has 0 radical (unpaired) electrons. The standard InChI is InChI=1S/C19H16F3NO5S/c20-19(21,22)28-14-7-3-12(4-8-14)15(24)10-27-13-5-1-11(2-6-13)9-16-17(25)23-18(26)29-16/h1-8,15,24-25H,9-10H2,(H,23,26)/t15-/m0/s1. The molecule has 0 unspecified atom stereocenters. The van der Waals surface area contributed by atoms with Crippen molar-refractivity contribution in [3.05, 3.63) is 74.2 Å². The minimum Gasteiger partial charge on any atom is -0.494 e. The normalized spacial score (nSPS) is 12.6. The fourth-order valence-electron chi connectivity index (χ4n) is 2.52. The zero-order valence-electron chi connectivity index (χ0n) is 14.8. The molecule has 3 rings (SSSR count). The van der Waals surface area contributed by atoms with Gasteiger partial charge < -0.3 is 19.7 Å². The van der Waals surface area contributed by atoms with Crippen molar-refractivity contribution in [3.8, 4) is 17.4 Å². The molecule has 0 fully saturated rings. The Labute approximate surface area is 166 Å². The first-order valence-electron chi connectivity index (χ1n) is 8.36. The fourth-order valence-corrected chi connectivity index (χ4v) is 3.28. The highest BCUT2D eigenvalue weighted by Gasteiger charge is 2.31. The summed E-state index contributed by atoms with van der Waals surface area (Å²) < 4.78 is 45.8. The zero-order chi connectivity index (χ0) is 21.0. The molecule has 29 heavy (non-hydrogen) atoms. The van der Waals surface area contributed by atoms with Crippen LogP contribution in [0.4, 0.5) is 13.2 Å². The lowest BCUT2D eigenvalue weighted by Gasteiger charge is -2.14. The fraction of sp³-hybridized carbons (Fsp3) is 0.211. The predicted molar refractivity (Wildman–Crippen MR) is 99.4 cm³/mol. The van der Waals surface area contributed by atoms with Crippen molar-refractivity contribution in [1.82, 2.24) is 4.98 Å². The SMILES string of the molecule is O=c1[nH]c(O)c(Cc2ccc(OC[C@H](O)c3ccc(OC(F)(F)F)cc3)cc2)s1. The Morgan fingerprint density at radius 2 is 1.66 bits per heavy atom. The van der Waals surface area contributed by atoms with Gasteiger partial charge in [0.2, 0.25) is 5.88 Å². The highest BCUT2D eigenvalue weighted by molar-refractivity contribution is 7.09. The lowest BCUT2D eigenvalue weighted by Crippen LogP contribution is -2.17. The lowest BCUT2D eigenvalue weighted by atomic mass is 10.1. The van der Waals surface area contributed by atoms with E-state index in [1.165, 1.54) is 12.1 Å². The number of hydrogen-bond acceptors (Lipinski definition) is 6. The molecule has 0 saturated heterocycles. The van der Waals surface area contributed by atoms with Gasteiger partial charge in [-0.3, -0.25) is 9.78 Å². The van der Waals surface area contributed by atoms with Crippen molar-refractivity contribution in [2.24, 2.45) is 0 Å². The summed E-state index contributed by atoms with van der Waals surface area (Å²) in [6.45, 7) is -0.0982. The average molecular weight is 427 g/mol. The van der Waals surface area contributed by atoms with Gasteiger partial charge in [-0.2, -0.15) is 0 Å². The molecule has 0 aliphatic heterocycles. The number of rotatable bonds is 7. The molecule has 0 saturated carbocycles. The van der Waals surface area contributed by atoms with Crippen LogP contribution in [0.2, 0.25) is 0 Å². The number of hydrogen-bond donors (Lipinski definition) is 3. The molecule has 0 aliphatic carbocycles. The van der Waals surface area contributed by atoms with Crippen molar-refractivity contribution in [2.75, 3.05) is 6.61 Å². The maximum Gasteiger partial charge on any atom is 0.573 e. The molecule has 1 atom stereocenters. The molecule has 1 heterocycles. The van der Waals surface area contributed by atoms with E-state index in [1.807, 2.05) is 0 Å². The highest BCUT2D eigenvalue weighted by atomic mass is 32.1. The minimum atomic E-state index is -4.77. The number of aliphatic hydroxyl groups excluding tert-OH is 1. The third-order valence-electron chi connectivity index (χ3n) is 3.89. The topological polar surface area (TPSA) is 91.8 Å². The smallest absolute Gasteiger partial charge is 0.494 e. The maximum atomic E-state index is 12.2. The Morgan fingerprint density at radius 3 is 2.21 bits per heavy atom. The summed E-state index contributed by atoms with van der Waals surface area (Å²) in [5.41, 5.74) is 1.23. The van der Waals surface area contributed by atoms with Crippen LogP contribution in [0.25, 0.3) is 0 Å². The third kappa shape index (κ3) is 6.00. The van der Waals surface area contributed by atoms with E-state index in [9.17, 15) is 28.2 Å². The number of halogens is 3. The van der Waals surface area contributed by atoms with Gasteiger partial charge in [0.05, 0.1) is 4.88 Å². The van der Waals surface area contributed by atoms with E-state index in [0.717, 1.165) is 29.0 Å². The Bertz CT molecular complexity index is 996. The second-order valence-electron chi connectivity index (χ2n) is 6.05. The Balaban J connectivity index is 1.54. The van der Waals surface area contributed by atoms with Crippen LogP contribution in [-0.4, -0.2) is 28.2 Å². The molecule has 10 heteroatoms. The van der Waals surface area contributed by atoms with Crippen LogP contribution in [0.5, 0.6) is 17.4 Å². The van der Waals surface area contributed by atoms with E-state index in [4.69, 9.17) is 4.74 Å². The van der Waals surface area contributed by atoms with Gasteiger partial charge in [0.1, 0.15) is 24.2 Å². The Hall–Kier alpha value is -2.98. The quantitative estimate of drug-likeness (QED) is 0.534. The van der Waals surface area contributed by atoms with Crippen LogP contribution in [0.15, 0.2) is 53.3 Å². The van der Waals surface area contributed by atoms with E-state index >= 15 is 0 Å². The molecule has 6 nitrogen and oxygen atoms in total. The number of thiazole rings is 1. The first kappa shape index (κ1) is 20.7. The molecule has 3 N–H and O–H groups in total. The van der Waals surface area contributed by atoms with Crippen molar-refractivity contribution < 1.29 is 32.9 Å². The Morgan fingerprint density at radius 1 is 1.03 bits per heavy atom. The molecule has 2 aromatic carbocycles. The summed E-state index contributed by atoms with van der Waals surface area (Å²) >= 11 is 0.932. The van der Waals surface area contributed by atoms with E-state index in [1.54, 1.807) is 24.3 Å². The van der Waals surface area contributed by atoms with E-state index in [2.05, 4.69) is 9.72 Å². The number of benzene rings is 2. The van der Waals surface area contributed by atoms with Gasteiger partial charge in [-0.1, -0.05) is 35.6 Å². The van der Waals surface area contributed by atoms with Crippen LogP contribution < -0.4 is 14.3 Å². The lowest BCUT2D eigenvalue weighted by molar-refractivity contribution is -0.274. The van der Waals surface area contributed by atoms with Gasteiger partial charge in [0.15, 0.2) is 0 Å². The van der Waals surface area contributed by atoms with Gasteiger partial charge in [0.25, 0.3) is 0 Å². The first-order chi connectivity index (χ1) is 13.7. The molecule has 0 bridgehead atoms. The number of aromatic hydroxyl groups is 1. The number of ether oxygens (including phenoxy) is 2. The van der Waals surface area contributed by atoms with Crippen LogP contribution in [0.3, 0.4) is 0 Å². The molecular formula is C19H16F3NO5S. The largest absolute Gasteiger partial charge is 0.573 e. The molecular weight excluding hydrogens is 411 g/mol. The van der Waals surface area contributed by atoms with Crippen molar-refractivity contribution in [3.63, 3.8) is 0 Å². The van der Waals surface area contributed by atoms with E-state index in [-0.39, 0.29) is 23.1 Å². The van der Waals surface area contributed by atoms with Crippen LogP contribution in [-0.2, 0) is 6.42 Å². The van der Waals surface area contributed by atoms with Gasteiger partial charge in [0, 0.05) is 6.42 Å². The maximum absolute atomic E-state index is 12.2. The second kappa shape index (κ2) is 8.58. The molecule has 0 amide bonds. The molecule has 0 aliphatic rings. The van der Waals surface area contributed by atoms with Crippen LogP contribution >= 0.6 is 11.3 Å². The number of alkyl halides is 3. The van der Waals surface area contributed by atoms with Gasteiger partial charge in [-0.15, -0.1) is 13.2 Å². The van der Waals surface area contributed by atoms with Gasteiger partial charge >= 0.3 is 11.2 Å². The summed E-state index contributed by atoms with van der Waals surface area (Å²) in [6.07, 6.45) is -5.43. The molecule has 0 spiro atoms. The van der Waals surface area contributed by atoms with Crippen molar-refractivity contribution in [2.45, 2.75) is 18.9 Å². The average Bonchev–Trinajstić information content (AvgIpc) is 2.97. The molecule has 154 valence electrons. The Kier molecular flexibility index (Phi) is 6.14. The summed E-state index contributed by atoms with van der Waals surface area (Å²) in [5.74, 6) is -0.0326. The predicted octanol–water partition coefficient (Wildman–Crippen LogP) is 3.74. The van der Waals surface area contributed by atoms with Crippen LogP contribution in [0.1, 0.15) is 22.1 Å². The number of H-pyrrole nitrogens is 1. The minimum absolute atomic E-state index is 0.0982. The van der Waals surface area contributed by atoms with Gasteiger partial charge in [-0.05, 0) is 35.4 Å². The monoisotopic (exact) mass is 427 g/mol. The third-order valence-corrected chi connectivity index (χ3v) is 4.77. The first-order valence-corrected chi connectivity index (χ1v) is 9.18. The molecule has 1 aromatic heterocycles.